The van der Waals surface area contributed by atoms with Crippen molar-refractivity contribution in [3.63, 3.8) is 0 Å². The Morgan fingerprint density at radius 3 is 2.00 bits per heavy atom. The van der Waals surface area contributed by atoms with Gasteiger partial charge in [-0.1, -0.05) is 11.1 Å². The van der Waals surface area contributed by atoms with Gasteiger partial charge in [-0.25, -0.2) is 0 Å². The van der Waals surface area contributed by atoms with Gasteiger partial charge in [-0.3, -0.25) is 0 Å². The van der Waals surface area contributed by atoms with Gasteiger partial charge in [0.15, 0.2) is 0 Å². The quantitative estimate of drug-likeness (QED) is 0.517. The molecule has 0 atom stereocenters. The molecule has 8 heavy (non-hydrogen) atoms. The molecule has 1 radical (unpaired) electrons. The lowest BCUT2D eigenvalue weighted by Crippen LogP contribution is -1.81. The molecule has 0 unspecified atom stereocenters. The van der Waals surface area contributed by atoms with E-state index in [2.05, 4.69) is 27.0 Å². The zero-order valence-corrected chi connectivity index (χ0v) is 6.64. The van der Waals surface area contributed by atoms with Crippen molar-refractivity contribution < 1.29 is 0 Å². The Labute approximate surface area is 56.4 Å². The molecule has 47 valence electrons. The van der Waals surface area contributed by atoms with Crippen molar-refractivity contribution in [3.8, 4) is 0 Å². The van der Waals surface area contributed by atoms with Crippen molar-refractivity contribution in [2.24, 2.45) is 0 Å². The van der Waals surface area contributed by atoms with Gasteiger partial charge < -0.3 is 0 Å². The third-order valence-electron chi connectivity index (χ3n) is 1.17. The van der Waals surface area contributed by atoms with E-state index in [1.807, 2.05) is 0 Å². The molecular formula is C7H13S. The molecule has 0 aliphatic heterocycles. The molecule has 0 spiro atoms. The van der Waals surface area contributed by atoms with Crippen LogP contribution in [0.1, 0.15) is 20.8 Å². The van der Waals surface area contributed by atoms with E-state index in [0.29, 0.717) is 0 Å². The molecule has 0 bridgehead atoms. The number of hydrogen-bond donors (Lipinski definition) is 0. The fraction of sp³-hybridized carbons (Fsp3) is 0.571. The lowest BCUT2D eigenvalue weighted by Gasteiger charge is -1.97. The van der Waals surface area contributed by atoms with Crippen molar-refractivity contribution in [1.82, 2.24) is 0 Å². The molecule has 0 aromatic carbocycles. The minimum atomic E-state index is 1.07. The standard InChI is InChI=1S/C7H13S/c1-6(2)7(3)5-8-4/h4-5H2,1-3H3. The van der Waals surface area contributed by atoms with Gasteiger partial charge in [0, 0.05) is 12.0 Å². The van der Waals surface area contributed by atoms with Crippen LogP contribution in [0, 0.1) is 6.26 Å². The molecule has 0 rings (SSSR count). The predicted octanol–water partition coefficient (Wildman–Crippen LogP) is 2.87. The molecule has 0 amide bonds. The highest BCUT2D eigenvalue weighted by Crippen LogP contribution is 2.08. The Balaban J connectivity index is 3.62. The van der Waals surface area contributed by atoms with Crippen LogP contribution in [0.2, 0.25) is 0 Å². The molecule has 0 aromatic rings. The Morgan fingerprint density at radius 1 is 1.38 bits per heavy atom. The van der Waals surface area contributed by atoms with Crippen molar-refractivity contribution in [1.29, 1.82) is 0 Å². The Morgan fingerprint density at radius 2 is 1.88 bits per heavy atom. The average molecular weight is 129 g/mol. The highest BCUT2D eigenvalue weighted by Gasteiger charge is 1.87. The van der Waals surface area contributed by atoms with Gasteiger partial charge in [-0.05, 0) is 20.8 Å². The van der Waals surface area contributed by atoms with Crippen molar-refractivity contribution in [2.45, 2.75) is 20.8 Å². The van der Waals surface area contributed by atoms with Crippen LogP contribution in [0.3, 0.4) is 0 Å². The number of hydrogen-bond acceptors (Lipinski definition) is 1. The van der Waals surface area contributed by atoms with Gasteiger partial charge in [0.1, 0.15) is 0 Å². The van der Waals surface area contributed by atoms with E-state index in [1.54, 1.807) is 11.8 Å². The lowest BCUT2D eigenvalue weighted by molar-refractivity contribution is 1.24. The van der Waals surface area contributed by atoms with Crippen LogP contribution in [-0.4, -0.2) is 5.75 Å². The van der Waals surface area contributed by atoms with Crippen LogP contribution >= 0.6 is 11.8 Å². The van der Waals surface area contributed by atoms with Crippen molar-refractivity contribution >= 4 is 11.8 Å². The highest BCUT2D eigenvalue weighted by molar-refractivity contribution is 8.00. The minimum absolute atomic E-state index is 1.07. The van der Waals surface area contributed by atoms with Crippen LogP contribution in [0.15, 0.2) is 11.1 Å². The zero-order valence-electron chi connectivity index (χ0n) is 5.82. The van der Waals surface area contributed by atoms with Gasteiger partial charge >= 0.3 is 0 Å². The van der Waals surface area contributed by atoms with Gasteiger partial charge in [0.05, 0.1) is 0 Å². The molecule has 0 saturated heterocycles. The normalized spacial score (nSPS) is 9.00. The third-order valence-corrected chi connectivity index (χ3v) is 1.81. The largest absolute Gasteiger partial charge is 0.157 e. The van der Waals surface area contributed by atoms with E-state index in [-0.39, 0.29) is 0 Å². The highest BCUT2D eigenvalue weighted by atomic mass is 32.2. The Kier molecular flexibility index (Phi) is 4.06. The summed E-state index contributed by atoms with van der Waals surface area (Å²) in [6, 6.07) is 0. The van der Waals surface area contributed by atoms with Crippen molar-refractivity contribution in [3.05, 3.63) is 17.4 Å². The van der Waals surface area contributed by atoms with E-state index < -0.39 is 0 Å². The van der Waals surface area contributed by atoms with Crippen LogP contribution in [-0.2, 0) is 0 Å². The smallest absolute Gasteiger partial charge is 0.0143 e. The minimum Gasteiger partial charge on any atom is -0.157 e. The van der Waals surface area contributed by atoms with Gasteiger partial charge in [0.25, 0.3) is 0 Å². The van der Waals surface area contributed by atoms with Crippen LogP contribution in [0.25, 0.3) is 0 Å². The summed E-state index contributed by atoms with van der Waals surface area (Å²) < 4.78 is 0. The van der Waals surface area contributed by atoms with E-state index in [4.69, 9.17) is 0 Å². The molecule has 0 aliphatic carbocycles. The lowest BCUT2D eigenvalue weighted by atomic mass is 10.2. The predicted molar refractivity (Wildman–Crippen MR) is 41.9 cm³/mol. The summed E-state index contributed by atoms with van der Waals surface area (Å²) in [6.45, 7) is 6.41. The molecule has 0 saturated carbocycles. The van der Waals surface area contributed by atoms with Crippen LogP contribution in [0.5, 0.6) is 0 Å². The second-order valence-corrected chi connectivity index (χ2v) is 2.83. The van der Waals surface area contributed by atoms with E-state index in [9.17, 15) is 0 Å². The monoisotopic (exact) mass is 129 g/mol. The second kappa shape index (κ2) is 4.02. The van der Waals surface area contributed by atoms with Gasteiger partial charge in [-0.15, -0.1) is 0 Å². The molecule has 1 heteroatoms. The van der Waals surface area contributed by atoms with Gasteiger partial charge in [-0.2, -0.15) is 11.8 Å². The first-order valence-corrected chi connectivity index (χ1v) is 3.84. The molecule has 0 N–H and O–H groups in total. The Bertz CT molecular complexity index is 88.6. The van der Waals surface area contributed by atoms with E-state index in [0.717, 1.165) is 5.75 Å². The number of rotatable bonds is 2. The van der Waals surface area contributed by atoms with Crippen molar-refractivity contribution in [2.75, 3.05) is 5.75 Å². The maximum absolute atomic E-state index is 3.69. The second-order valence-electron chi connectivity index (χ2n) is 2.13. The fourth-order valence-corrected chi connectivity index (χ4v) is 0.892. The van der Waals surface area contributed by atoms with E-state index >= 15 is 0 Å². The fourth-order valence-electron chi connectivity index (χ4n) is 0.297. The molecular weight excluding hydrogens is 116 g/mol. The van der Waals surface area contributed by atoms with Crippen LogP contribution < -0.4 is 0 Å². The summed E-state index contributed by atoms with van der Waals surface area (Å²) in [5, 5.41) is 0. The summed E-state index contributed by atoms with van der Waals surface area (Å²) in [6.07, 6.45) is 3.69. The molecule has 0 fully saturated rings. The first-order valence-electron chi connectivity index (χ1n) is 2.68. The summed E-state index contributed by atoms with van der Waals surface area (Å²) in [4.78, 5) is 0. The SMILES string of the molecule is [CH2]SCC(C)=C(C)C. The van der Waals surface area contributed by atoms with Crippen LogP contribution in [0.4, 0.5) is 0 Å². The average Bonchev–Trinajstić information content (AvgIpc) is 1.67. The maximum atomic E-state index is 3.69. The molecule has 0 nitrogen and oxygen atoms in total. The summed E-state index contributed by atoms with van der Waals surface area (Å²) in [5.41, 5.74) is 2.87. The number of thioether (sulfide) groups is 1. The number of allylic oxidation sites excluding steroid dienone is 1. The first-order chi connectivity index (χ1) is 3.68. The topological polar surface area (TPSA) is 0 Å². The van der Waals surface area contributed by atoms with E-state index in [1.165, 1.54) is 11.1 Å². The third kappa shape index (κ3) is 3.14. The first kappa shape index (κ1) is 8.09. The molecule has 0 aliphatic rings. The van der Waals surface area contributed by atoms with Gasteiger partial charge in [0.2, 0.25) is 0 Å². The summed E-state index contributed by atoms with van der Waals surface area (Å²) >= 11 is 1.63. The maximum Gasteiger partial charge on any atom is 0.0143 e. The Hall–Kier alpha value is 0.0900. The molecule has 0 aromatic heterocycles. The summed E-state index contributed by atoms with van der Waals surface area (Å²) in [7, 11) is 0. The zero-order chi connectivity index (χ0) is 6.57. The molecule has 0 heterocycles. The summed E-state index contributed by atoms with van der Waals surface area (Å²) in [5.74, 6) is 1.07.